The molecule has 0 heterocycles. The Balaban J connectivity index is 1.81. The zero-order valence-electron chi connectivity index (χ0n) is 14.1. The van der Waals surface area contributed by atoms with Crippen LogP contribution < -0.4 is 5.73 Å². The number of benzene rings is 1. The van der Waals surface area contributed by atoms with Crippen molar-refractivity contribution < 1.29 is 13.6 Å². The molecule has 4 aliphatic carbocycles. The number of rotatable bonds is 5. The van der Waals surface area contributed by atoms with Crippen LogP contribution in [-0.2, 0) is 10.2 Å². The van der Waals surface area contributed by atoms with E-state index in [2.05, 4.69) is 12.1 Å². The number of nitrogens with two attached hydrogens (primary N) is 1. The van der Waals surface area contributed by atoms with Crippen LogP contribution in [0.2, 0.25) is 0 Å². The van der Waals surface area contributed by atoms with Gasteiger partial charge in [-0.1, -0.05) is 37.3 Å². The molecule has 0 radical (unpaired) electrons. The van der Waals surface area contributed by atoms with Crippen molar-refractivity contribution in [3.63, 3.8) is 0 Å². The molecular weight excluding hydrogens is 308 g/mol. The minimum Gasteiger partial charge on any atom is -0.369 e. The maximum absolute atomic E-state index is 13.4. The van der Waals surface area contributed by atoms with E-state index >= 15 is 0 Å². The maximum atomic E-state index is 13.4. The number of halogens is 2. The van der Waals surface area contributed by atoms with Crippen LogP contribution in [0.1, 0.15) is 51.0 Å². The Morgan fingerprint density at radius 3 is 2.54 bits per heavy atom. The Hall–Kier alpha value is -1.45. The first kappa shape index (κ1) is 16.0. The molecule has 5 unspecified atom stereocenters. The number of carbonyl (C=O) groups is 1. The van der Waals surface area contributed by atoms with Gasteiger partial charge in [-0.05, 0) is 60.3 Å². The lowest BCUT2D eigenvalue weighted by Crippen LogP contribution is -2.43. The number of alkyl halides is 2. The lowest BCUT2D eigenvalue weighted by Gasteiger charge is -2.49. The van der Waals surface area contributed by atoms with Crippen LogP contribution >= 0.6 is 0 Å². The summed E-state index contributed by atoms with van der Waals surface area (Å²) >= 11 is 0. The van der Waals surface area contributed by atoms with Crippen LogP contribution in [0.4, 0.5) is 8.78 Å². The second-order valence-electron chi connectivity index (χ2n) is 8.39. The van der Waals surface area contributed by atoms with E-state index in [1.807, 2.05) is 25.1 Å². The molecule has 4 aliphatic rings. The van der Waals surface area contributed by atoms with Gasteiger partial charge in [0, 0.05) is 6.42 Å². The third-order valence-corrected chi connectivity index (χ3v) is 7.74. The average molecular weight is 333 g/mol. The molecule has 130 valence electrons. The lowest BCUT2D eigenvalue weighted by atomic mass is 9.55. The third-order valence-electron chi connectivity index (χ3n) is 7.74. The molecule has 2 nitrogen and oxygen atoms in total. The van der Waals surface area contributed by atoms with Gasteiger partial charge in [0.15, 0.2) is 0 Å². The molecule has 4 bridgehead atoms. The topological polar surface area (TPSA) is 43.1 Å². The second-order valence-corrected chi connectivity index (χ2v) is 8.39. The summed E-state index contributed by atoms with van der Waals surface area (Å²) in [6.45, 7) is 2.01. The van der Waals surface area contributed by atoms with E-state index in [-0.39, 0.29) is 29.6 Å². The van der Waals surface area contributed by atoms with E-state index in [1.54, 1.807) is 0 Å². The summed E-state index contributed by atoms with van der Waals surface area (Å²) in [7, 11) is 0. The van der Waals surface area contributed by atoms with E-state index in [9.17, 15) is 13.6 Å². The zero-order valence-corrected chi connectivity index (χ0v) is 14.1. The van der Waals surface area contributed by atoms with E-state index < -0.39 is 17.3 Å². The molecule has 0 aromatic heterocycles. The lowest BCUT2D eigenvalue weighted by molar-refractivity contribution is -0.130. The Morgan fingerprint density at radius 2 is 1.96 bits per heavy atom. The molecule has 4 heteroatoms. The summed E-state index contributed by atoms with van der Waals surface area (Å²) in [4.78, 5) is 12.5. The highest BCUT2D eigenvalue weighted by Gasteiger charge is 2.74. The zero-order chi connectivity index (χ0) is 17.2. The van der Waals surface area contributed by atoms with Crippen LogP contribution in [0.15, 0.2) is 30.3 Å². The molecule has 0 saturated heterocycles. The number of carbonyl (C=O) groups excluding carboxylic acids is 1. The van der Waals surface area contributed by atoms with Gasteiger partial charge < -0.3 is 5.73 Å². The fraction of sp³-hybridized carbons (Fsp3) is 0.650. The van der Waals surface area contributed by atoms with Gasteiger partial charge in [0.2, 0.25) is 12.3 Å². The smallest absolute Gasteiger partial charge is 0.239 e. The predicted octanol–water partition coefficient (Wildman–Crippen LogP) is 4.28. The number of hydrogen-bond donors (Lipinski definition) is 1. The second kappa shape index (κ2) is 5.03. The Morgan fingerprint density at radius 1 is 1.25 bits per heavy atom. The van der Waals surface area contributed by atoms with Crippen molar-refractivity contribution in [2.45, 2.75) is 57.3 Å². The summed E-state index contributed by atoms with van der Waals surface area (Å²) in [5.74, 6) is -0.0863. The van der Waals surface area contributed by atoms with Gasteiger partial charge in [-0.3, -0.25) is 4.79 Å². The van der Waals surface area contributed by atoms with Gasteiger partial charge in [0.05, 0.1) is 5.41 Å². The molecule has 1 aromatic rings. The highest BCUT2D eigenvalue weighted by Crippen LogP contribution is 2.78. The molecule has 5 rings (SSSR count). The summed E-state index contributed by atoms with van der Waals surface area (Å²) < 4.78 is 26.8. The third kappa shape index (κ3) is 1.83. The first-order valence-electron chi connectivity index (χ1n) is 9.02. The van der Waals surface area contributed by atoms with Crippen LogP contribution in [0.5, 0.6) is 0 Å². The average Bonchev–Trinajstić information content (AvgIpc) is 2.92. The molecule has 0 aliphatic heterocycles. The molecular formula is C20H25F2NO. The minimum atomic E-state index is -2.32. The van der Waals surface area contributed by atoms with Gasteiger partial charge in [0.25, 0.3) is 0 Å². The van der Waals surface area contributed by atoms with Crippen LogP contribution in [0, 0.1) is 22.7 Å². The van der Waals surface area contributed by atoms with Crippen LogP contribution in [-0.4, -0.2) is 12.3 Å². The fourth-order valence-corrected chi connectivity index (χ4v) is 6.95. The van der Waals surface area contributed by atoms with Crippen molar-refractivity contribution in [3.8, 4) is 0 Å². The van der Waals surface area contributed by atoms with Crippen LogP contribution in [0.25, 0.3) is 0 Å². The van der Waals surface area contributed by atoms with E-state index in [0.29, 0.717) is 12.8 Å². The Kier molecular flexibility index (Phi) is 3.36. The number of primary amides is 1. The molecule has 4 saturated carbocycles. The van der Waals surface area contributed by atoms with Crippen molar-refractivity contribution in [1.82, 2.24) is 0 Å². The summed E-state index contributed by atoms with van der Waals surface area (Å²) in [6, 6.07) is 10.3. The first-order valence-corrected chi connectivity index (χ1v) is 9.02. The molecule has 5 atom stereocenters. The van der Waals surface area contributed by atoms with Crippen LogP contribution in [0.3, 0.4) is 0 Å². The maximum Gasteiger partial charge on any atom is 0.239 e. The molecule has 1 aromatic carbocycles. The normalized spacial score (nSPS) is 42.8. The van der Waals surface area contributed by atoms with Gasteiger partial charge in [-0.25, -0.2) is 8.78 Å². The van der Waals surface area contributed by atoms with Gasteiger partial charge in [-0.15, -0.1) is 0 Å². The standard InChI is InChI=1S/C20H25F2NO/c1-2-19(11-16(21)22)14-8-18(13-6-4-3-5-7-13)10-15(19)20(9-14,12-18)17(23)24/h3-7,14-16H,2,8-12H2,1H3,(H2,23,24). The Labute approximate surface area is 141 Å². The number of hydrogen-bond acceptors (Lipinski definition) is 1. The van der Waals surface area contributed by atoms with Crippen molar-refractivity contribution in [1.29, 1.82) is 0 Å². The number of amides is 1. The van der Waals surface area contributed by atoms with Gasteiger partial charge in [-0.2, -0.15) is 0 Å². The highest BCUT2D eigenvalue weighted by atomic mass is 19.3. The summed E-state index contributed by atoms with van der Waals surface area (Å²) in [5.41, 5.74) is 6.08. The Bertz CT molecular complexity index is 663. The first-order chi connectivity index (χ1) is 11.4. The van der Waals surface area contributed by atoms with Gasteiger partial charge in [0.1, 0.15) is 0 Å². The molecule has 1 amide bonds. The minimum absolute atomic E-state index is 0.000422. The fourth-order valence-electron chi connectivity index (χ4n) is 6.95. The largest absolute Gasteiger partial charge is 0.369 e. The highest BCUT2D eigenvalue weighted by molar-refractivity contribution is 5.83. The summed E-state index contributed by atoms with van der Waals surface area (Å²) in [5, 5.41) is 0. The molecule has 4 fully saturated rings. The quantitative estimate of drug-likeness (QED) is 0.858. The molecule has 24 heavy (non-hydrogen) atoms. The predicted molar refractivity (Wildman–Crippen MR) is 88.5 cm³/mol. The van der Waals surface area contributed by atoms with Crippen molar-refractivity contribution in [3.05, 3.63) is 35.9 Å². The van der Waals surface area contributed by atoms with Gasteiger partial charge >= 0.3 is 0 Å². The monoisotopic (exact) mass is 333 g/mol. The van der Waals surface area contributed by atoms with E-state index in [1.165, 1.54) is 5.56 Å². The van der Waals surface area contributed by atoms with Crippen molar-refractivity contribution >= 4 is 5.91 Å². The molecule has 0 spiro atoms. The van der Waals surface area contributed by atoms with E-state index in [4.69, 9.17) is 5.73 Å². The molecule has 2 N–H and O–H groups in total. The van der Waals surface area contributed by atoms with Crippen molar-refractivity contribution in [2.24, 2.45) is 28.4 Å². The van der Waals surface area contributed by atoms with E-state index in [0.717, 1.165) is 19.3 Å². The van der Waals surface area contributed by atoms with Crippen molar-refractivity contribution in [2.75, 3.05) is 0 Å². The SMILES string of the molecule is CCC1(CC(F)F)C2CC3(c4ccccc4)CC1C(C(N)=O)(C2)C3. The summed E-state index contributed by atoms with van der Waals surface area (Å²) in [6.07, 6.45) is 1.51.